The summed E-state index contributed by atoms with van der Waals surface area (Å²) in [4.78, 5) is 0.738. The van der Waals surface area contributed by atoms with Crippen molar-refractivity contribution in [2.24, 2.45) is 0 Å². The van der Waals surface area contributed by atoms with E-state index in [1.165, 1.54) is 0 Å². The fourth-order valence-electron chi connectivity index (χ4n) is 1.32. The zero-order chi connectivity index (χ0) is 9.97. The smallest absolute Gasteiger partial charge is 0.163 e. The molecular formula is C10H11NO2S. The molecule has 0 saturated heterocycles. The van der Waals surface area contributed by atoms with Crippen LogP contribution >= 0.6 is 12.2 Å². The van der Waals surface area contributed by atoms with Gasteiger partial charge in [-0.05, 0) is 19.1 Å². The molecule has 0 bridgehead atoms. The Kier molecular flexibility index (Phi) is 2.54. The highest BCUT2D eigenvalue weighted by Gasteiger charge is 2.11. The van der Waals surface area contributed by atoms with Crippen LogP contribution in [0.1, 0.15) is 6.92 Å². The van der Waals surface area contributed by atoms with Crippen LogP contribution in [0.15, 0.2) is 18.2 Å². The van der Waals surface area contributed by atoms with Crippen LogP contribution in [0.2, 0.25) is 0 Å². The Morgan fingerprint density at radius 2 is 2.00 bits per heavy atom. The van der Waals surface area contributed by atoms with Crippen molar-refractivity contribution in [2.75, 3.05) is 18.5 Å². The Balaban J connectivity index is 2.24. The van der Waals surface area contributed by atoms with E-state index in [0.717, 1.165) is 22.2 Å². The van der Waals surface area contributed by atoms with Gasteiger partial charge < -0.3 is 14.8 Å². The number of thiocarbonyl (C=S) groups is 1. The van der Waals surface area contributed by atoms with E-state index in [4.69, 9.17) is 21.7 Å². The van der Waals surface area contributed by atoms with E-state index in [-0.39, 0.29) is 0 Å². The summed E-state index contributed by atoms with van der Waals surface area (Å²) < 4.78 is 10.8. The molecule has 0 aliphatic carbocycles. The molecule has 74 valence electrons. The number of rotatable bonds is 1. The van der Waals surface area contributed by atoms with Gasteiger partial charge in [0.2, 0.25) is 0 Å². The summed E-state index contributed by atoms with van der Waals surface area (Å²) in [6, 6.07) is 5.70. The van der Waals surface area contributed by atoms with Crippen molar-refractivity contribution in [2.45, 2.75) is 6.92 Å². The average Bonchev–Trinajstić information content (AvgIpc) is 2.17. The second-order valence-corrected chi connectivity index (χ2v) is 3.65. The number of hydrogen-bond donors (Lipinski definition) is 1. The molecule has 0 aromatic heterocycles. The van der Waals surface area contributed by atoms with Crippen LogP contribution in [-0.2, 0) is 0 Å². The summed E-state index contributed by atoms with van der Waals surface area (Å²) in [5.41, 5.74) is 0.932. The molecule has 0 amide bonds. The molecule has 0 unspecified atom stereocenters. The molecule has 0 spiro atoms. The van der Waals surface area contributed by atoms with E-state index in [2.05, 4.69) is 5.32 Å². The molecule has 1 aliphatic rings. The SMILES string of the molecule is CC(=S)Nc1ccc2c(c1)OCCO2. The van der Waals surface area contributed by atoms with Crippen molar-refractivity contribution in [1.82, 2.24) is 0 Å². The van der Waals surface area contributed by atoms with Gasteiger partial charge >= 0.3 is 0 Å². The van der Waals surface area contributed by atoms with Crippen molar-refractivity contribution in [3.8, 4) is 11.5 Å². The molecule has 1 aromatic rings. The van der Waals surface area contributed by atoms with Crippen LogP contribution in [0.4, 0.5) is 5.69 Å². The molecule has 4 heteroatoms. The Hall–Kier alpha value is -1.29. The third-order valence-electron chi connectivity index (χ3n) is 1.86. The van der Waals surface area contributed by atoms with Gasteiger partial charge in [-0.25, -0.2) is 0 Å². The van der Waals surface area contributed by atoms with E-state index in [1.807, 2.05) is 25.1 Å². The number of benzene rings is 1. The molecule has 0 saturated carbocycles. The van der Waals surface area contributed by atoms with Crippen molar-refractivity contribution in [1.29, 1.82) is 0 Å². The number of ether oxygens (including phenoxy) is 2. The standard InChI is InChI=1S/C10H11NO2S/c1-7(14)11-8-2-3-9-10(6-8)13-5-4-12-9/h2-3,6H,4-5H2,1H3,(H,11,14). The summed E-state index contributed by atoms with van der Waals surface area (Å²) in [7, 11) is 0. The maximum absolute atomic E-state index is 5.44. The van der Waals surface area contributed by atoms with Gasteiger partial charge in [0.25, 0.3) is 0 Å². The minimum Gasteiger partial charge on any atom is -0.486 e. The normalized spacial score (nSPS) is 13.5. The lowest BCUT2D eigenvalue weighted by Gasteiger charge is -2.19. The van der Waals surface area contributed by atoms with E-state index < -0.39 is 0 Å². The lowest BCUT2D eigenvalue weighted by molar-refractivity contribution is 0.171. The molecule has 0 radical (unpaired) electrons. The first kappa shape index (κ1) is 9.27. The van der Waals surface area contributed by atoms with Gasteiger partial charge in [0, 0.05) is 11.8 Å². The zero-order valence-corrected chi connectivity index (χ0v) is 8.69. The molecule has 3 nitrogen and oxygen atoms in total. The highest BCUT2D eigenvalue weighted by atomic mass is 32.1. The third-order valence-corrected chi connectivity index (χ3v) is 1.96. The monoisotopic (exact) mass is 209 g/mol. The Labute approximate surface area is 88.0 Å². The maximum Gasteiger partial charge on any atom is 0.163 e. The molecule has 1 N–H and O–H groups in total. The lowest BCUT2D eigenvalue weighted by Crippen LogP contribution is -2.15. The summed E-state index contributed by atoms with van der Waals surface area (Å²) in [6.45, 7) is 3.06. The van der Waals surface area contributed by atoms with E-state index in [9.17, 15) is 0 Å². The van der Waals surface area contributed by atoms with Crippen molar-refractivity contribution in [3.05, 3.63) is 18.2 Å². The van der Waals surface area contributed by atoms with Gasteiger partial charge in [-0.15, -0.1) is 0 Å². The van der Waals surface area contributed by atoms with E-state index in [1.54, 1.807) is 0 Å². The zero-order valence-electron chi connectivity index (χ0n) is 7.87. The Morgan fingerprint density at radius 1 is 1.29 bits per heavy atom. The van der Waals surface area contributed by atoms with Crippen LogP contribution in [0.25, 0.3) is 0 Å². The van der Waals surface area contributed by atoms with Gasteiger partial charge in [0.15, 0.2) is 11.5 Å². The first-order valence-corrected chi connectivity index (χ1v) is 4.84. The van der Waals surface area contributed by atoms with E-state index >= 15 is 0 Å². The summed E-state index contributed by atoms with van der Waals surface area (Å²) in [6.07, 6.45) is 0. The maximum atomic E-state index is 5.44. The topological polar surface area (TPSA) is 30.5 Å². The highest BCUT2D eigenvalue weighted by molar-refractivity contribution is 7.80. The Morgan fingerprint density at radius 3 is 2.71 bits per heavy atom. The number of anilines is 1. The van der Waals surface area contributed by atoms with Crippen LogP contribution in [0.3, 0.4) is 0 Å². The summed E-state index contributed by atoms with van der Waals surface area (Å²) in [5, 5.41) is 3.05. The fourth-order valence-corrected chi connectivity index (χ4v) is 1.44. The molecular weight excluding hydrogens is 198 g/mol. The largest absolute Gasteiger partial charge is 0.486 e. The number of fused-ring (bicyclic) bond motifs is 1. The minimum atomic E-state index is 0.604. The molecule has 1 heterocycles. The summed E-state index contributed by atoms with van der Waals surface area (Å²) in [5.74, 6) is 1.57. The van der Waals surface area contributed by atoms with Gasteiger partial charge in [0.05, 0.1) is 4.99 Å². The highest BCUT2D eigenvalue weighted by Crippen LogP contribution is 2.32. The number of nitrogens with one attached hydrogen (secondary N) is 1. The van der Waals surface area contributed by atoms with Gasteiger partial charge in [0.1, 0.15) is 13.2 Å². The van der Waals surface area contributed by atoms with Crippen LogP contribution in [0, 0.1) is 0 Å². The average molecular weight is 209 g/mol. The predicted octanol–water partition coefficient (Wildman–Crippen LogP) is 2.22. The lowest BCUT2D eigenvalue weighted by atomic mass is 10.2. The summed E-state index contributed by atoms with van der Waals surface area (Å²) >= 11 is 4.95. The fraction of sp³-hybridized carbons (Fsp3) is 0.300. The number of hydrogen-bond acceptors (Lipinski definition) is 3. The Bertz CT molecular complexity index is 365. The second-order valence-electron chi connectivity index (χ2n) is 3.04. The van der Waals surface area contributed by atoms with Crippen LogP contribution in [-0.4, -0.2) is 18.2 Å². The molecule has 0 fully saturated rings. The molecule has 14 heavy (non-hydrogen) atoms. The second kappa shape index (κ2) is 3.84. The van der Waals surface area contributed by atoms with E-state index in [0.29, 0.717) is 13.2 Å². The molecule has 2 rings (SSSR count). The van der Waals surface area contributed by atoms with Gasteiger partial charge in [-0.3, -0.25) is 0 Å². The molecule has 1 aromatic carbocycles. The van der Waals surface area contributed by atoms with Crippen molar-refractivity contribution < 1.29 is 9.47 Å². The van der Waals surface area contributed by atoms with Crippen LogP contribution in [0.5, 0.6) is 11.5 Å². The van der Waals surface area contributed by atoms with Crippen LogP contribution < -0.4 is 14.8 Å². The van der Waals surface area contributed by atoms with Crippen molar-refractivity contribution >= 4 is 22.9 Å². The first-order valence-electron chi connectivity index (χ1n) is 4.43. The quantitative estimate of drug-likeness (QED) is 0.718. The molecule has 0 atom stereocenters. The van der Waals surface area contributed by atoms with Crippen molar-refractivity contribution in [3.63, 3.8) is 0 Å². The first-order chi connectivity index (χ1) is 6.75. The van der Waals surface area contributed by atoms with Gasteiger partial charge in [-0.1, -0.05) is 12.2 Å². The molecule has 1 aliphatic heterocycles. The minimum absolute atomic E-state index is 0.604. The predicted molar refractivity (Wildman–Crippen MR) is 59.3 cm³/mol. The third kappa shape index (κ3) is 1.96. The van der Waals surface area contributed by atoms with Gasteiger partial charge in [-0.2, -0.15) is 0 Å².